The molecular formula is C20H18N2O2S. The Balaban J connectivity index is 1.94. The molecule has 1 fully saturated rings. The molecule has 2 aromatic carbocycles. The van der Waals surface area contributed by atoms with E-state index in [4.69, 9.17) is 4.74 Å². The Morgan fingerprint density at radius 1 is 1.20 bits per heavy atom. The minimum atomic E-state index is -0.0672. The number of nitrogens with zero attached hydrogens (tertiary/aromatic N) is 2. The van der Waals surface area contributed by atoms with E-state index >= 15 is 0 Å². The van der Waals surface area contributed by atoms with Crippen LogP contribution in [0.5, 0.6) is 5.75 Å². The fourth-order valence-electron chi connectivity index (χ4n) is 2.38. The predicted molar refractivity (Wildman–Crippen MR) is 104 cm³/mol. The smallest absolute Gasteiger partial charge is 0.267 e. The van der Waals surface area contributed by atoms with E-state index in [0.717, 1.165) is 17.0 Å². The molecule has 2 aromatic rings. The summed E-state index contributed by atoms with van der Waals surface area (Å²) in [7, 11) is 1.62. The van der Waals surface area contributed by atoms with Gasteiger partial charge in [-0.05, 0) is 47.7 Å². The van der Waals surface area contributed by atoms with Crippen molar-refractivity contribution in [2.45, 2.75) is 0 Å². The van der Waals surface area contributed by atoms with Gasteiger partial charge in [-0.25, -0.2) is 4.99 Å². The zero-order valence-electron chi connectivity index (χ0n) is 13.9. The first-order valence-electron chi connectivity index (χ1n) is 7.81. The number of rotatable bonds is 5. The summed E-state index contributed by atoms with van der Waals surface area (Å²) in [5.74, 6) is 0.688. The van der Waals surface area contributed by atoms with Crippen molar-refractivity contribution in [3.05, 3.63) is 77.7 Å². The molecule has 5 heteroatoms. The van der Waals surface area contributed by atoms with Crippen molar-refractivity contribution in [2.75, 3.05) is 13.7 Å². The lowest BCUT2D eigenvalue weighted by molar-refractivity contribution is -0.121. The normalized spacial score (nSPS) is 17.3. The highest BCUT2D eigenvalue weighted by Crippen LogP contribution is 2.34. The summed E-state index contributed by atoms with van der Waals surface area (Å²) >= 11 is 1.37. The Morgan fingerprint density at radius 3 is 2.72 bits per heavy atom. The summed E-state index contributed by atoms with van der Waals surface area (Å²) < 4.78 is 5.24. The molecule has 1 aliphatic rings. The molecule has 126 valence electrons. The number of amidine groups is 1. The van der Waals surface area contributed by atoms with Gasteiger partial charge < -0.3 is 4.74 Å². The zero-order chi connectivity index (χ0) is 17.6. The Morgan fingerprint density at radius 2 is 2.00 bits per heavy atom. The Hall–Kier alpha value is -2.79. The SMILES string of the molecule is C=CCN1C(=O)/C(=C/c2cccc(OC)c2)SC1=Nc1ccccc1. The summed E-state index contributed by atoms with van der Waals surface area (Å²) in [5, 5.41) is 0.658. The van der Waals surface area contributed by atoms with Crippen molar-refractivity contribution in [3.8, 4) is 5.75 Å². The van der Waals surface area contributed by atoms with Crippen LogP contribution in [0.1, 0.15) is 5.56 Å². The molecule has 0 N–H and O–H groups in total. The van der Waals surface area contributed by atoms with Crippen LogP contribution in [0.3, 0.4) is 0 Å². The molecule has 0 atom stereocenters. The van der Waals surface area contributed by atoms with Crippen molar-refractivity contribution >= 4 is 34.6 Å². The predicted octanol–water partition coefficient (Wildman–Crippen LogP) is 4.49. The van der Waals surface area contributed by atoms with E-state index in [-0.39, 0.29) is 5.91 Å². The average Bonchev–Trinajstić information content (AvgIpc) is 2.92. The van der Waals surface area contributed by atoms with E-state index in [0.29, 0.717) is 16.6 Å². The van der Waals surface area contributed by atoms with Crippen molar-refractivity contribution < 1.29 is 9.53 Å². The van der Waals surface area contributed by atoms with Crippen LogP contribution in [-0.2, 0) is 4.79 Å². The highest BCUT2D eigenvalue weighted by atomic mass is 32.2. The van der Waals surface area contributed by atoms with Crippen LogP contribution in [0.4, 0.5) is 5.69 Å². The van der Waals surface area contributed by atoms with E-state index < -0.39 is 0 Å². The van der Waals surface area contributed by atoms with Gasteiger partial charge in [-0.15, -0.1) is 6.58 Å². The molecule has 0 spiro atoms. The highest BCUT2D eigenvalue weighted by Gasteiger charge is 2.32. The van der Waals surface area contributed by atoms with Gasteiger partial charge in [0.05, 0.1) is 17.7 Å². The van der Waals surface area contributed by atoms with Gasteiger partial charge in [0.1, 0.15) is 5.75 Å². The van der Waals surface area contributed by atoms with Gasteiger partial charge in [-0.3, -0.25) is 9.69 Å². The average molecular weight is 350 g/mol. The minimum absolute atomic E-state index is 0.0672. The maximum atomic E-state index is 12.7. The first kappa shape index (κ1) is 17.0. The summed E-state index contributed by atoms with van der Waals surface area (Å²) in [5.41, 5.74) is 1.73. The topological polar surface area (TPSA) is 41.9 Å². The van der Waals surface area contributed by atoms with Crippen LogP contribution in [0.2, 0.25) is 0 Å². The fourth-order valence-corrected chi connectivity index (χ4v) is 3.39. The third-order valence-electron chi connectivity index (χ3n) is 3.57. The second kappa shape index (κ2) is 7.85. The number of methoxy groups -OCH3 is 1. The summed E-state index contributed by atoms with van der Waals surface area (Å²) in [6.45, 7) is 4.16. The third kappa shape index (κ3) is 4.00. The summed E-state index contributed by atoms with van der Waals surface area (Å²) in [6, 6.07) is 17.2. The molecule has 0 saturated carbocycles. The highest BCUT2D eigenvalue weighted by molar-refractivity contribution is 8.18. The van der Waals surface area contributed by atoms with Crippen LogP contribution in [0.15, 0.2) is 77.1 Å². The van der Waals surface area contributed by atoms with Gasteiger partial charge in [0.15, 0.2) is 5.17 Å². The van der Waals surface area contributed by atoms with Crippen LogP contribution >= 0.6 is 11.8 Å². The summed E-state index contributed by atoms with van der Waals surface area (Å²) in [6.07, 6.45) is 3.56. The monoisotopic (exact) mass is 350 g/mol. The number of aliphatic imine (C=N–C) groups is 1. The Labute approximate surface area is 151 Å². The molecule has 0 unspecified atom stereocenters. The Kier molecular flexibility index (Phi) is 5.36. The molecule has 1 amide bonds. The molecule has 1 heterocycles. The second-order valence-electron chi connectivity index (χ2n) is 5.32. The van der Waals surface area contributed by atoms with E-state index in [1.165, 1.54) is 11.8 Å². The van der Waals surface area contributed by atoms with E-state index in [2.05, 4.69) is 11.6 Å². The molecule has 0 aliphatic carbocycles. The summed E-state index contributed by atoms with van der Waals surface area (Å²) in [4.78, 5) is 19.6. The maximum Gasteiger partial charge on any atom is 0.267 e. The van der Waals surface area contributed by atoms with Crippen LogP contribution < -0.4 is 4.74 Å². The minimum Gasteiger partial charge on any atom is -0.497 e. The van der Waals surface area contributed by atoms with Crippen LogP contribution in [-0.4, -0.2) is 29.6 Å². The number of benzene rings is 2. The third-order valence-corrected chi connectivity index (χ3v) is 4.58. The van der Waals surface area contributed by atoms with E-state index in [1.807, 2.05) is 60.7 Å². The number of carbonyl (C=O) groups is 1. The molecule has 4 nitrogen and oxygen atoms in total. The van der Waals surface area contributed by atoms with Gasteiger partial charge in [-0.2, -0.15) is 0 Å². The second-order valence-corrected chi connectivity index (χ2v) is 6.33. The first-order valence-corrected chi connectivity index (χ1v) is 8.63. The molecule has 25 heavy (non-hydrogen) atoms. The van der Waals surface area contributed by atoms with Gasteiger partial charge in [-0.1, -0.05) is 36.4 Å². The van der Waals surface area contributed by atoms with Gasteiger partial charge >= 0.3 is 0 Å². The molecule has 3 rings (SSSR count). The van der Waals surface area contributed by atoms with Gasteiger partial charge in [0.2, 0.25) is 0 Å². The number of ether oxygens (including phenoxy) is 1. The molecule has 0 bridgehead atoms. The van der Waals surface area contributed by atoms with Crippen molar-refractivity contribution in [1.29, 1.82) is 0 Å². The van der Waals surface area contributed by atoms with Crippen molar-refractivity contribution in [3.63, 3.8) is 0 Å². The molecule has 0 radical (unpaired) electrons. The Bertz CT molecular complexity index is 844. The van der Waals surface area contributed by atoms with Crippen LogP contribution in [0, 0.1) is 0 Å². The number of hydrogen-bond acceptors (Lipinski definition) is 4. The standard InChI is InChI=1S/C20H18N2O2S/c1-3-12-22-19(23)18(14-15-8-7-11-17(13-15)24-2)25-20(22)21-16-9-5-4-6-10-16/h3-11,13-14H,1,12H2,2H3/b18-14-,21-20?. The lowest BCUT2D eigenvalue weighted by Crippen LogP contribution is -2.29. The molecule has 1 aliphatic heterocycles. The van der Waals surface area contributed by atoms with Crippen molar-refractivity contribution in [2.24, 2.45) is 4.99 Å². The zero-order valence-corrected chi connectivity index (χ0v) is 14.7. The largest absolute Gasteiger partial charge is 0.497 e. The van der Waals surface area contributed by atoms with E-state index in [1.54, 1.807) is 18.1 Å². The maximum absolute atomic E-state index is 12.7. The van der Waals surface area contributed by atoms with Gasteiger partial charge in [0, 0.05) is 6.54 Å². The number of amides is 1. The lowest BCUT2D eigenvalue weighted by Gasteiger charge is -2.12. The fraction of sp³-hybridized carbons (Fsp3) is 0.100. The first-order chi connectivity index (χ1) is 12.2. The number of carbonyl (C=O) groups excluding carboxylic acids is 1. The number of thioether (sulfide) groups is 1. The van der Waals surface area contributed by atoms with Gasteiger partial charge in [0.25, 0.3) is 5.91 Å². The quantitative estimate of drug-likeness (QED) is 0.589. The molecule has 0 aromatic heterocycles. The van der Waals surface area contributed by atoms with E-state index in [9.17, 15) is 4.79 Å². The molecular weight excluding hydrogens is 332 g/mol. The number of hydrogen-bond donors (Lipinski definition) is 0. The molecule has 1 saturated heterocycles. The lowest BCUT2D eigenvalue weighted by atomic mass is 10.2. The van der Waals surface area contributed by atoms with Crippen LogP contribution in [0.25, 0.3) is 6.08 Å². The van der Waals surface area contributed by atoms with Crippen molar-refractivity contribution in [1.82, 2.24) is 4.90 Å². The number of para-hydroxylation sites is 1.